The molecule has 0 radical (unpaired) electrons. The predicted octanol–water partition coefficient (Wildman–Crippen LogP) is 3.92. The van der Waals surface area contributed by atoms with Gasteiger partial charge in [-0.05, 0) is 47.9 Å². The maximum absolute atomic E-state index is 14.1. The minimum atomic E-state index is -0.839. The van der Waals surface area contributed by atoms with Gasteiger partial charge in [0.25, 0.3) is 0 Å². The van der Waals surface area contributed by atoms with Crippen molar-refractivity contribution < 1.29 is 23.9 Å². The molecule has 0 N–H and O–H groups in total. The first kappa shape index (κ1) is 23.9. The van der Waals surface area contributed by atoms with Gasteiger partial charge >= 0.3 is 5.97 Å². The normalized spacial score (nSPS) is 23.2. The largest absolute Gasteiger partial charge is 0.427 e. The Bertz CT molecular complexity index is 1460. The molecule has 190 valence electrons. The van der Waals surface area contributed by atoms with Crippen LogP contribution in [0.15, 0.2) is 84.9 Å². The van der Waals surface area contributed by atoms with Gasteiger partial charge in [0.1, 0.15) is 11.8 Å². The molecule has 0 spiro atoms. The second-order valence-electron chi connectivity index (χ2n) is 9.86. The quantitative estimate of drug-likeness (QED) is 0.218. The number of imide groups is 1. The summed E-state index contributed by atoms with van der Waals surface area (Å²) in [7, 11) is 0. The molecular formula is C31H26N2O5. The van der Waals surface area contributed by atoms with Crippen molar-refractivity contribution in [3.63, 3.8) is 0 Å². The van der Waals surface area contributed by atoms with E-state index in [4.69, 9.17) is 4.74 Å². The number of carbonyl (C=O) groups excluding carboxylic acids is 4. The number of hydrogen-bond acceptors (Lipinski definition) is 6. The molecule has 2 saturated heterocycles. The van der Waals surface area contributed by atoms with E-state index < -0.39 is 29.9 Å². The van der Waals surface area contributed by atoms with E-state index in [1.54, 1.807) is 24.3 Å². The van der Waals surface area contributed by atoms with Crippen molar-refractivity contribution >= 4 is 35.3 Å². The zero-order chi connectivity index (χ0) is 26.4. The zero-order valence-electron chi connectivity index (χ0n) is 20.8. The number of fused-ring (bicyclic) bond motifs is 5. The first-order chi connectivity index (χ1) is 18.4. The maximum Gasteiger partial charge on any atom is 0.308 e. The summed E-state index contributed by atoms with van der Waals surface area (Å²) in [5.41, 5.74) is 3.20. The Balaban J connectivity index is 1.36. The second-order valence-corrected chi connectivity index (χ2v) is 9.86. The number of carbonyl (C=O) groups is 4. The van der Waals surface area contributed by atoms with Gasteiger partial charge in [-0.1, -0.05) is 60.7 Å². The molecule has 3 aromatic rings. The van der Waals surface area contributed by atoms with Gasteiger partial charge in [0.15, 0.2) is 5.78 Å². The van der Waals surface area contributed by atoms with Crippen LogP contribution in [0.1, 0.15) is 28.4 Å². The third-order valence-electron chi connectivity index (χ3n) is 7.64. The lowest BCUT2D eigenvalue weighted by Gasteiger charge is -2.36. The molecule has 0 saturated carbocycles. The van der Waals surface area contributed by atoms with Crippen LogP contribution >= 0.6 is 0 Å². The molecule has 0 unspecified atom stereocenters. The first-order valence-corrected chi connectivity index (χ1v) is 12.7. The van der Waals surface area contributed by atoms with Crippen LogP contribution in [0.4, 0.5) is 5.69 Å². The van der Waals surface area contributed by atoms with E-state index in [1.807, 2.05) is 71.6 Å². The van der Waals surface area contributed by atoms with Crippen LogP contribution in [-0.4, -0.2) is 47.1 Å². The molecule has 2 fully saturated rings. The summed E-state index contributed by atoms with van der Waals surface area (Å²) in [6, 6.07) is 22.5. The highest BCUT2D eigenvalue weighted by Gasteiger charge is 2.63. The third-order valence-corrected chi connectivity index (χ3v) is 7.64. The van der Waals surface area contributed by atoms with E-state index in [0.29, 0.717) is 17.7 Å². The molecule has 0 bridgehead atoms. The van der Waals surface area contributed by atoms with Crippen molar-refractivity contribution in [2.45, 2.75) is 25.4 Å². The summed E-state index contributed by atoms with van der Waals surface area (Å²) in [6.07, 6.45) is 4.47. The number of ether oxygens (including phenoxy) is 1. The molecule has 3 heterocycles. The van der Waals surface area contributed by atoms with Crippen molar-refractivity contribution in [1.82, 2.24) is 4.90 Å². The SMILES string of the molecule is CC(=O)Oc1ccc(C(=O)[C@@H]2[C@@H]3C(=O)N(CCc4ccccc4)C(=O)[C@@H]3[C@@H]3C=Cc4ccccc4N23)cc1. The number of para-hydroxylation sites is 1. The highest BCUT2D eigenvalue weighted by Crippen LogP contribution is 2.49. The molecule has 0 aliphatic carbocycles. The summed E-state index contributed by atoms with van der Waals surface area (Å²) < 4.78 is 5.11. The molecule has 3 aromatic carbocycles. The Morgan fingerprint density at radius 3 is 2.26 bits per heavy atom. The standard InChI is InChI=1S/C31H26N2O5/c1-19(34)38-23-14-11-22(12-15-23)29(35)28-27-26(25-16-13-21-9-5-6-10-24(21)33(25)28)30(36)32(31(27)37)18-17-20-7-3-2-4-8-20/h2-16,25-28H,17-18H2,1H3/t25-,26+,27+,28-/m0/s1. The van der Waals surface area contributed by atoms with Crippen molar-refractivity contribution in [1.29, 1.82) is 0 Å². The van der Waals surface area contributed by atoms with Gasteiger partial charge in [-0.2, -0.15) is 0 Å². The highest BCUT2D eigenvalue weighted by atomic mass is 16.5. The van der Waals surface area contributed by atoms with Crippen molar-refractivity contribution in [3.8, 4) is 5.75 Å². The average Bonchev–Trinajstić information content (AvgIpc) is 3.40. The van der Waals surface area contributed by atoms with Gasteiger partial charge in [-0.15, -0.1) is 0 Å². The molecule has 7 nitrogen and oxygen atoms in total. The first-order valence-electron chi connectivity index (χ1n) is 12.7. The summed E-state index contributed by atoms with van der Waals surface area (Å²) in [5.74, 6) is -2.32. The number of anilines is 1. The Morgan fingerprint density at radius 1 is 0.842 bits per heavy atom. The van der Waals surface area contributed by atoms with Gasteiger partial charge in [0.05, 0.1) is 17.9 Å². The molecule has 6 rings (SSSR count). The van der Waals surface area contributed by atoms with Gasteiger partial charge in [0, 0.05) is 24.7 Å². The number of likely N-dealkylation sites (tertiary alicyclic amines) is 1. The van der Waals surface area contributed by atoms with Crippen LogP contribution in [0.25, 0.3) is 6.08 Å². The van der Waals surface area contributed by atoms with E-state index in [2.05, 4.69) is 0 Å². The van der Waals surface area contributed by atoms with Crippen LogP contribution < -0.4 is 9.64 Å². The average molecular weight is 507 g/mol. The van der Waals surface area contributed by atoms with E-state index >= 15 is 0 Å². The summed E-state index contributed by atoms with van der Waals surface area (Å²) in [6.45, 7) is 1.59. The summed E-state index contributed by atoms with van der Waals surface area (Å²) >= 11 is 0. The van der Waals surface area contributed by atoms with Crippen LogP contribution in [0.2, 0.25) is 0 Å². The van der Waals surface area contributed by atoms with Crippen LogP contribution in [0.3, 0.4) is 0 Å². The minimum absolute atomic E-state index is 0.226. The maximum atomic E-state index is 14.1. The van der Waals surface area contributed by atoms with Crippen LogP contribution in [0, 0.1) is 11.8 Å². The van der Waals surface area contributed by atoms with Crippen molar-refractivity contribution in [3.05, 3.63) is 102 Å². The molecule has 0 aromatic heterocycles. The number of hydrogen-bond donors (Lipinski definition) is 0. The van der Waals surface area contributed by atoms with Gasteiger partial charge in [0.2, 0.25) is 11.8 Å². The van der Waals surface area contributed by atoms with Gasteiger partial charge < -0.3 is 9.64 Å². The zero-order valence-corrected chi connectivity index (χ0v) is 20.8. The van der Waals surface area contributed by atoms with E-state index in [0.717, 1.165) is 16.8 Å². The molecule has 3 aliphatic rings. The Labute approximate surface area is 220 Å². The molecule has 3 aliphatic heterocycles. The number of rotatable bonds is 6. The van der Waals surface area contributed by atoms with Gasteiger partial charge in [-0.3, -0.25) is 24.1 Å². The smallest absolute Gasteiger partial charge is 0.308 e. The summed E-state index contributed by atoms with van der Waals surface area (Å²) in [5, 5.41) is 0. The van der Waals surface area contributed by atoms with E-state index in [1.165, 1.54) is 11.8 Å². The van der Waals surface area contributed by atoms with E-state index in [9.17, 15) is 19.2 Å². The number of amides is 2. The predicted molar refractivity (Wildman–Crippen MR) is 141 cm³/mol. The Morgan fingerprint density at radius 2 is 1.53 bits per heavy atom. The lowest BCUT2D eigenvalue weighted by molar-refractivity contribution is -0.140. The lowest BCUT2D eigenvalue weighted by atomic mass is 9.86. The molecule has 38 heavy (non-hydrogen) atoms. The fourth-order valence-corrected chi connectivity index (χ4v) is 6.01. The van der Waals surface area contributed by atoms with Gasteiger partial charge in [-0.25, -0.2) is 0 Å². The molecule has 4 atom stereocenters. The molecular weight excluding hydrogens is 480 g/mol. The van der Waals surface area contributed by atoms with Crippen LogP contribution in [-0.2, 0) is 20.8 Å². The number of ketones is 1. The second kappa shape index (κ2) is 9.41. The highest BCUT2D eigenvalue weighted by molar-refractivity contribution is 6.14. The lowest BCUT2D eigenvalue weighted by Crippen LogP contribution is -2.49. The fourth-order valence-electron chi connectivity index (χ4n) is 6.01. The van der Waals surface area contributed by atoms with Crippen molar-refractivity contribution in [2.24, 2.45) is 11.8 Å². The topological polar surface area (TPSA) is 84.0 Å². The fraction of sp³-hybridized carbons (Fsp3) is 0.226. The minimum Gasteiger partial charge on any atom is -0.427 e. The number of esters is 1. The third kappa shape index (κ3) is 3.91. The Kier molecular flexibility index (Phi) is 5.91. The number of Topliss-reactive ketones (excluding diaryl/α,β-unsaturated/α-hetero) is 1. The van der Waals surface area contributed by atoms with Crippen molar-refractivity contribution in [2.75, 3.05) is 11.4 Å². The van der Waals surface area contributed by atoms with E-state index in [-0.39, 0.29) is 24.1 Å². The molecule has 7 heteroatoms. The summed E-state index contributed by atoms with van der Waals surface area (Å²) in [4.78, 5) is 56.2. The number of benzene rings is 3. The Hall–Kier alpha value is -4.52. The van der Waals surface area contributed by atoms with Crippen LogP contribution in [0.5, 0.6) is 5.75 Å². The molecule has 2 amide bonds. The number of nitrogens with zero attached hydrogens (tertiary/aromatic N) is 2. The monoisotopic (exact) mass is 506 g/mol.